The number of hydrogen-bond donors (Lipinski definition) is 1. The Kier molecular flexibility index (Phi) is 5.26. The standard InChI is InChI=1S/C18H22FN3OS/c1-12-6-14(9-20)10-22(12)18(23)8-16-11-24-17(21-16)7-13-2-4-15(19)5-3-13/h2-5,11-12,14H,6-10,20H2,1H3. The third kappa shape index (κ3) is 3.99. The number of aromatic nitrogens is 1. The number of benzene rings is 1. The molecule has 0 radical (unpaired) electrons. The largest absolute Gasteiger partial charge is 0.339 e. The van der Waals surface area contributed by atoms with Crippen LogP contribution in [-0.4, -0.2) is 34.9 Å². The van der Waals surface area contributed by atoms with Crippen molar-refractivity contribution in [3.05, 3.63) is 51.7 Å². The fourth-order valence-electron chi connectivity index (χ4n) is 3.21. The van der Waals surface area contributed by atoms with Gasteiger partial charge in [-0.05, 0) is 43.5 Å². The Labute approximate surface area is 145 Å². The molecule has 24 heavy (non-hydrogen) atoms. The molecule has 0 spiro atoms. The summed E-state index contributed by atoms with van der Waals surface area (Å²) in [6.07, 6.45) is 1.98. The lowest BCUT2D eigenvalue weighted by Crippen LogP contribution is -2.35. The minimum Gasteiger partial charge on any atom is -0.339 e. The highest BCUT2D eigenvalue weighted by Gasteiger charge is 2.31. The van der Waals surface area contributed by atoms with Gasteiger partial charge in [-0.1, -0.05) is 12.1 Å². The molecular weight excluding hydrogens is 325 g/mol. The summed E-state index contributed by atoms with van der Waals surface area (Å²) in [5.74, 6) is 0.296. The van der Waals surface area contributed by atoms with E-state index in [0.29, 0.717) is 25.3 Å². The van der Waals surface area contributed by atoms with Crippen molar-refractivity contribution in [2.45, 2.75) is 32.2 Å². The normalized spacial score (nSPS) is 20.5. The van der Waals surface area contributed by atoms with Crippen molar-refractivity contribution in [2.75, 3.05) is 13.1 Å². The summed E-state index contributed by atoms with van der Waals surface area (Å²) in [6.45, 7) is 3.46. The number of likely N-dealkylation sites (tertiary alicyclic amines) is 1. The van der Waals surface area contributed by atoms with E-state index in [1.165, 1.54) is 12.1 Å². The Bertz CT molecular complexity index is 701. The Balaban J connectivity index is 1.59. The second kappa shape index (κ2) is 7.40. The van der Waals surface area contributed by atoms with Crippen LogP contribution in [-0.2, 0) is 17.6 Å². The molecule has 1 aliphatic rings. The first kappa shape index (κ1) is 17.0. The molecule has 2 aromatic rings. The topological polar surface area (TPSA) is 59.2 Å². The minimum atomic E-state index is -0.236. The maximum absolute atomic E-state index is 12.9. The molecule has 128 valence electrons. The average Bonchev–Trinajstić information content (AvgIpc) is 3.16. The summed E-state index contributed by atoms with van der Waals surface area (Å²) in [6, 6.07) is 6.69. The van der Waals surface area contributed by atoms with E-state index in [4.69, 9.17) is 5.73 Å². The van der Waals surface area contributed by atoms with Gasteiger partial charge < -0.3 is 10.6 Å². The molecule has 2 atom stereocenters. The van der Waals surface area contributed by atoms with Gasteiger partial charge in [-0.2, -0.15) is 0 Å². The Hall–Kier alpha value is -1.79. The zero-order valence-electron chi connectivity index (χ0n) is 13.7. The van der Waals surface area contributed by atoms with Gasteiger partial charge in [-0.3, -0.25) is 4.79 Å². The molecule has 1 aromatic heterocycles. The number of rotatable bonds is 5. The van der Waals surface area contributed by atoms with Crippen molar-refractivity contribution in [1.82, 2.24) is 9.88 Å². The van der Waals surface area contributed by atoms with Gasteiger partial charge in [-0.25, -0.2) is 9.37 Å². The molecule has 0 saturated carbocycles. The molecule has 2 unspecified atom stereocenters. The lowest BCUT2D eigenvalue weighted by atomic mass is 10.1. The van der Waals surface area contributed by atoms with Crippen LogP contribution in [0.3, 0.4) is 0 Å². The highest BCUT2D eigenvalue weighted by atomic mass is 32.1. The monoisotopic (exact) mass is 347 g/mol. The van der Waals surface area contributed by atoms with Gasteiger partial charge in [0.1, 0.15) is 5.82 Å². The van der Waals surface area contributed by atoms with Crippen LogP contribution < -0.4 is 5.73 Å². The third-order valence-electron chi connectivity index (χ3n) is 4.52. The molecule has 6 heteroatoms. The lowest BCUT2D eigenvalue weighted by Gasteiger charge is -2.21. The predicted molar refractivity (Wildman–Crippen MR) is 93.4 cm³/mol. The third-order valence-corrected chi connectivity index (χ3v) is 5.41. The number of halogens is 1. The van der Waals surface area contributed by atoms with Crippen LogP contribution >= 0.6 is 11.3 Å². The number of amides is 1. The number of carbonyl (C=O) groups is 1. The van der Waals surface area contributed by atoms with Crippen molar-refractivity contribution in [3.63, 3.8) is 0 Å². The lowest BCUT2D eigenvalue weighted by molar-refractivity contribution is -0.131. The molecule has 2 heterocycles. The van der Waals surface area contributed by atoms with Gasteiger partial charge in [0.15, 0.2) is 0 Å². The SMILES string of the molecule is CC1CC(CN)CN1C(=O)Cc1csc(Cc2ccc(F)cc2)n1. The van der Waals surface area contributed by atoms with E-state index in [1.54, 1.807) is 23.5 Å². The van der Waals surface area contributed by atoms with Crippen molar-refractivity contribution >= 4 is 17.2 Å². The molecule has 1 saturated heterocycles. The number of nitrogens with zero attached hydrogens (tertiary/aromatic N) is 2. The van der Waals surface area contributed by atoms with Gasteiger partial charge >= 0.3 is 0 Å². The van der Waals surface area contributed by atoms with Gasteiger partial charge in [0.25, 0.3) is 0 Å². The summed E-state index contributed by atoms with van der Waals surface area (Å²) >= 11 is 1.54. The molecule has 2 N–H and O–H groups in total. The summed E-state index contributed by atoms with van der Waals surface area (Å²) in [7, 11) is 0. The maximum Gasteiger partial charge on any atom is 0.228 e. The van der Waals surface area contributed by atoms with Crippen LogP contribution in [0.1, 0.15) is 29.6 Å². The van der Waals surface area contributed by atoms with Crippen LogP contribution in [0.25, 0.3) is 0 Å². The number of nitrogens with two attached hydrogens (primary N) is 1. The molecular formula is C18H22FN3OS. The first-order valence-electron chi connectivity index (χ1n) is 8.22. The molecule has 3 rings (SSSR count). The van der Waals surface area contributed by atoms with Crippen molar-refractivity contribution in [1.29, 1.82) is 0 Å². The van der Waals surface area contributed by atoms with E-state index < -0.39 is 0 Å². The molecule has 0 aliphatic carbocycles. The molecule has 4 nitrogen and oxygen atoms in total. The van der Waals surface area contributed by atoms with Crippen LogP contribution in [0.5, 0.6) is 0 Å². The fraction of sp³-hybridized carbons (Fsp3) is 0.444. The van der Waals surface area contributed by atoms with E-state index in [9.17, 15) is 9.18 Å². The second-order valence-corrected chi connectivity index (χ2v) is 7.39. The van der Waals surface area contributed by atoms with Crippen molar-refractivity contribution in [3.8, 4) is 0 Å². The van der Waals surface area contributed by atoms with Crippen LogP contribution in [0.2, 0.25) is 0 Å². The van der Waals surface area contributed by atoms with Gasteiger partial charge in [0, 0.05) is 24.4 Å². The number of hydrogen-bond acceptors (Lipinski definition) is 4. The zero-order chi connectivity index (χ0) is 17.1. The molecule has 1 aliphatic heterocycles. The van der Waals surface area contributed by atoms with Crippen LogP contribution in [0.15, 0.2) is 29.6 Å². The molecule has 1 amide bonds. The smallest absolute Gasteiger partial charge is 0.228 e. The highest BCUT2D eigenvalue weighted by molar-refractivity contribution is 7.09. The van der Waals surface area contributed by atoms with Gasteiger partial charge in [-0.15, -0.1) is 11.3 Å². The van der Waals surface area contributed by atoms with Crippen LogP contribution in [0, 0.1) is 11.7 Å². The van der Waals surface area contributed by atoms with Gasteiger partial charge in [0.05, 0.1) is 17.1 Å². The fourth-order valence-corrected chi connectivity index (χ4v) is 4.03. The van der Waals surface area contributed by atoms with Crippen molar-refractivity contribution < 1.29 is 9.18 Å². The Morgan fingerprint density at radius 2 is 2.17 bits per heavy atom. The summed E-state index contributed by atoms with van der Waals surface area (Å²) < 4.78 is 12.9. The van der Waals surface area contributed by atoms with E-state index in [-0.39, 0.29) is 17.8 Å². The quantitative estimate of drug-likeness (QED) is 0.904. The maximum atomic E-state index is 12.9. The molecule has 1 aromatic carbocycles. The first-order chi connectivity index (χ1) is 11.5. The summed E-state index contributed by atoms with van der Waals surface area (Å²) in [5.41, 5.74) is 7.55. The first-order valence-corrected chi connectivity index (χ1v) is 9.10. The summed E-state index contributed by atoms with van der Waals surface area (Å²) in [5, 5.41) is 2.89. The molecule has 0 bridgehead atoms. The minimum absolute atomic E-state index is 0.122. The molecule has 1 fully saturated rings. The number of thiazole rings is 1. The summed E-state index contributed by atoms with van der Waals surface area (Å²) in [4.78, 5) is 19.0. The highest BCUT2D eigenvalue weighted by Crippen LogP contribution is 2.23. The number of carbonyl (C=O) groups excluding carboxylic acids is 1. The van der Waals surface area contributed by atoms with Crippen LogP contribution in [0.4, 0.5) is 4.39 Å². The Morgan fingerprint density at radius 1 is 1.42 bits per heavy atom. The van der Waals surface area contributed by atoms with E-state index in [2.05, 4.69) is 11.9 Å². The van der Waals surface area contributed by atoms with E-state index >= 15 is 0 Å². The average molecular weight is 347 g/mol. The van der Waals surface area contributed by atoms with Crippen molar-refractivity contribution in [2.24, 2.45) is 11.7 Å². The van der Waals surface area contributed by atoms with Gasteiger partial charge in [0.2, 0.25) is 5.91 Å². The predicted octanol–water partition coefficient (Wildman–Crippen LogP) is 2.61. The zero-order valence-corrected chi connectivity index (χ0v) is 14.6. The van der Waals surface area contributed by atoms with E-state index in [1.807, 2.05) is 10.3 Å². The second-order valence-electron chi connectivity index (χ2n) is 6.45. The Morgan fingerprint density at radius 3 is 2.83 bits per heavy atom. The van der Waals surface area contributed by atoms with E-state index in [0.717, 1.165) is 29.2 Å².